The molecule has 436 valence electrons. The zero-order valence-electron chi connectivity index (χ0n) is 49.9. The molecule has 0 fully saturated rings. The van der Waals surface area contributed by atoms with E-state index in [-0.39, 0.29) is 18.5 Å². The Morgan fingerprint density at radius 1 is 0.329 bits per heavy atom. The molecule has 0 aliphatic heterocycles. The van der Waals surface area contributed by atoms with Crippen molar-refractivity contribution in [3.63, 3.8) is 0 Å². The fourth-order valence-corrected chi connectivity index (χ4v) is 11.0. The monoisotopic (exact) mass is 1030 g/mol. The van der Waals surface area contributed by atoms with Crippen molar-refractivity contribution in [2.45, 2.75) is 405 Å². The van der Waals surface area contributed by atoms with Gasteiger partial charge in [0.2, 0.25) is 5.91 Å². The number of aliphatic hydroxyl groups excluding tert-OH is 2. The van der Waals surface area contributed by atoms with Crippen LogP contribution in [-0.2, 0) is 14.3 Å². The molecule has 0 aliphatic rings. The molecular weight excluding hydrogens is 899 g/mol. The first-order valence-electron chi connectivity index (χ1n) is 33.8. The number of rotatable bonds is 64. The van der Waals surface area contributed by atoms with Gasteiger partial charge in [0.25, 0.3) is 0 Å². The molecule has 6 heteroatoms. The number of carbonyl (C=O) groups excluding carboxylic acids is 2. The fraction of sp³-hybridized carbons (Fsp3) is 0.970. The van der Waals surface area contributed by atoms with Crippen molar-refractivity contribution < 1.29 is 24.5 Å². The number of hydrogen-bond acceptors (Lipinski definition) is 5. The number of aliphatic hydroxyl groups is 2. The lowest BCUT2D eigenvalue weighted by Crippen LogP contribution is -2.45. The summed E-state index contributed by atoms with van der Waals surface area (Å²) in [7, 11) is 0. The molecule has 0 bridgehead atoms. The Balaban J connectivity index is 3.33. The van der Waals surface area contributed by atoms with Crippen molar-refractivity contribution in [2.75, 3.05) is 13.2 Å². The number of ether oxygens (including phenoxy) is 1. The van der Waals surface area contributed by atoms with Crippen LogP contribution >= 0.6 is 0 Å². The minimum Gasteiger partial charge on any atom is -0.466 e. The average Bonchev–Trinajstić information content (AvgIpc) is 3.39. The van der Waals surface area contributed by atoms with Gasteiger partial charge in [-0.1, -0.05) is 354 Å². The second kappa shape index (κ2) is 63.4. The molecule has 0 aromatic carbocycles. The van der Waals surface area contributed by atoms with Crippen LogP contribution in [0.4, 0.5) is 0 Å². The molecule has 0 aromatic rings. The van der Waals surface area contributed by atoms with Crippen LogP contribution in [0.2, 0.25) is 0 Å². The fourth-order valence-electron chi connectivity index (χ4n) is 11.0. The predicted molar refractivity (Wildman–Crippen MR) is 320 cm³/mol. The molecule has 1 amide bonds. The zero-order chi connectivity index (χ0) is 52.9. The molecule has 0 aliphatic carbocycles. The molecule has 0 rings (SSSR count). The lowest BCUT2D eigenvalue weighted by Gasteiger charge is -2.22. The summed E-state index contributed by atoms with van der Waals surface area (Å²) in [4.78, 5) is 24.6. The molecule has 6 nitrogen and oxygen atoms in total. The third-order valence-corrected chi connectivity index (χ3v) is 16.2. The quantitative estimate of drug-likeness (QED) is 0.0417. The summed E-state index contributed by atoms with van der Waals surface area (Å²) in [5, 5.41) is 23.3. The highest BCUT2D eigenvalue weighted by molar-refractivity contribution is 5.76. The SMILES string of the molecule is CCCCCCCCCCCCCCCCCCC(O)C(CO)NC(=O)CCCCCCCCCCCCCCCCCCCCCCCCCCCOC(=O)CCCCCCCCCCCCCCCCC. The van der Waals surface area contributed by atoms with Crippen molar-refractivity contribution in [3.05, 3.63) is 0 Å². The summed E-state index contributed by atoms with van der Waals surface area (Å²) in [6, 6.07) is -0.539. The van der Waals surface area contributed by atoms with Gasteiger partial charge in [0.1, 0.15) is 0 Å². The Hall–Kier alpha value is -1.14. The van der Waals surface area contributed by atoms with E-state index < -0.39 is 12.1 Å². The smallest absolute Gasteiger partial charge is 0.305 e. The summed E-state index contributed by atoms with van der Waals surface area (Å²) >= 11 is 0. The zero-order valence-corrected chi connectivity index (χ0v) is 49.9. The number of nitrogens with one attached hydrogen (secondary N) is 1. The van der Waals surface area contributed by atoms with E-state index in [1.165, 1.54) is 321 Å². The van der Waals surface area contributed by atoms with Gasteiger partial charge < -0.3 is 20.3 Å². The molecule has 3 N–H and O–H groups in total. The Morgan fingerprint density at radius 2 is 0.562 bits per heavy atom. The summed E-state index contributed by atoms with van der Waals surface area (Å²) in [5.74, 6) is -0.00876. The van der Waals surface area contributed by atoms with Gasteiger partial charge in [-0.25, -0.2) is 0 Å². The van der Waals surface area contributed by atoms with Crippen LogP contribution < -0.4 is 5.32 Å². The molecule has 0 aromatic heterocycles. The van der Waals surface area contributed by atoms with E-state index in [0.717, 1.165) is 38.5 Å². The first kappa shape index (κ1) is 71.9. The number of esters is 1. The van der Waals surface area contributed by atoms with Crippen molar-refractivity contribution in [2.24, 2.45) is 0 Å². The number of hydrogen-bond donors (Lipinski definition) is 3. The maximum atomic E-state index is 12.5. The van der Waals surface area contributed by atoms with E-state index in [1.807, 2.05) is 0 Å². The van der Waals surface area contributed by atoms with Crippen LogP contribution in [0.1, 0.15) is 393 Å². The Bertz CT molecular complexity index is 1050. The van der Waals surface area contributed by atoms with Crippen LogP contribution in [0.3, 0.4) is 0 Å². The van der Waals surface area contributed by atoms with Gasteiger partial charge in [0.15, 0.2) is 0 Å². The van der Waals surface area contributed by atoms with E-state index in [9.17, 15) is 19.8 Å². The highest BCUT2D eigenvalue weighted by Crippen LogP contribution is 2.19. The largest absolute Gasteiger partial charge is 0.466 e. The minimum atomic E-state index is -0.662. The molecule has 0 heterocycles. The summed E-state index contributed by atoms with van der Waals surface area (Å²) in [5.41, 5.74) is 0. The lowest BCUT2D eigenvalue weighted by atomic mass is 10.0. The first-order chi connectivity index (χ1) is 36.0. The van der Waals surface area contributed by atoms with Crippen LogP contribution in [0, 0.1) is 0 Å². The molecule has 0 saturated heterocycles. The second-order valence-corrected chi connectivity index (χ2v) is 23.5. The van der Waals surface area contributed by atoms with E-state index in [1.54, 1.807) is 0 Å². The van der Waals surface area contributed by atoms with Gasteiger partial charge in [-0.2, -0.15) is 0 Å². The Morgan fingerprint density at radius 3 is 0.836 bits per heavy atom. The average molecular weight is 1030 g/mol. The highest BCUT2D eigenvalue weighted by atomic mass is 16.5. The van der Waals surface area contributed by atoms with Crippen LogP contribution in [0.5, 0.6) is 0 Å². The predicted octanol–water partition coefficient (Wildman–Crippen LogP) is 21.4. The Kier molecular flexibility index (Phi) is 62.4. The van der Waals surface area contributed by atoms with E-state index in [4.69, 9.17) is 4.74 Å². The van der Waals surface area contributed by atoms with Crippen LogP contribution in [0.25, 0.3) is 0 Å². The van der Waals surface area contributed by atoms with Gasteiger partial charge in [0, 0.05) is 12.8 Å². The van der Waals surface area contributed by atoms with Gasteiger partial charge in [0.05, 0.1) is 25.4 Å². The molecule has 2 atom stereocenters. The lowest BCUT2D eigenvalue weighted by molar-refractivity contribution is -0.143. The molecular formula is C67H133NO5. The van der Waals surface area contributed by atoms with E-state index in [0.29, 0.717) is 25.9 Å². The number of amides is 1. The van der Waals surface area contributed by atoms with Crippen molar-refractivity contribution in [1.29, 1.82) is 0 Å². The maximum absolute atomic E-state index is 12.5. The number of unbranched alkanes of at least 4 members (excludes halogenated alkanes) is 53. The standard InChI is InChI=1S/C67H133NO5/c1-3-5-7-9-11-13-15-17-19-32-35-39-43-47-51-55-59-65(70)64(63-69)68-66(71)60-56-52-48-44-40-36-33-29-27-25-23-21-20-22-24-26-28-30-34-38-42-46-50-54-58-62-73-67(72)61-57-53-49-45-41-37-31-18-16-14-12-10-8-6-4-2/h64-65,69-70H,3-63H2,1-2H3,(H,68,71). The van der Waals surface area contributed by atoms with Gasteiger partial charge in [-0.3, -0.25) is 9.59 Å². The van der Waals surface area contributed by atoms with Crippen LogP contribution in [-0.4, -0.2) is 47.4 Å². The third kappa shape index (κ3) is 60.0. The third-order valence-electron chi connectivity index (χ3n) is 16.2. The number of carbonyl (C=O) groups is 2. The first-order valence-corrected chi connectivity index (χ1v) is 33.8. The molecule has 0 saturated carbocycles. The summed E-state index contributed by atoms with van der Waals surface area (Å²) < 4.78 is 5.50. The van der Waals surface area contributed by atoms with Crippen molar-refractivity contribution in [1.82, 2.24) is 5.32 Å². The van der Waals surface area contributed by atoms with Gasteiger partial charge in [-0.05, 0) is 25.7 Å². The maximum Gasteiger partial charge on any atom is 0.305 e. The topological polar surface area (TPSA) is 95.9 Å². The van der Waals surface area contributed by atoms with Gasteiger partial charge >= 0.3 is 5.97 Å². The molecule has 73 heavy (non-hydrogen) atoms. The molecule has 2 unspecified atom stereocenters. The normalized spacial score (nSPS) is 12.4. The summed E-state index contributed by atoms with van der Waals surface area (Å²) in [6.07, 6.45) is 75.6. The van der Waals surface area contributed by atoms with E-state index >= 15 is 0 Å². The summed E-state index contributed by atoms with van der Waals surface area (Å²) in [6.45, 7) is 5.00. The van der Waals surface area contributed by atoms with Crippen molar-refractivity contribution >= 4 is 11.9 Å². The Labute approximate surface area is 457 Å². The molecule has 0 radical (unpaired) electrons. The second-order valence-electron chi connectivity index (χ2n) is 23.5. The van der Waals surface area contributed by atoms with Gasteiger partial charge in [-0.15, -0.1) is 0 Å². The minimum absolute atomic E-state index is 0.0205. The van der Waals surface area contributed by atoms with Crippen LogP contribution in [0.15, 0.2) is 0 Å². The highest BCUT2D eigenvalue weighted by Gasteiger charge is 2.20. The van der Waals surface area contributed by atoms with Crippen molar-refractivity contribution in [3.8, 4) is 0 Å². The molecule has 0 spiro atoms. The van der Waals surface area contributed by atoms with E-state index in [2.05, 4.69) is 19.2 Å².